The number of aryl methyl sites for hydroxylation is 1. The van der Waals surface area contributed by atoms with E-state index in [4.69, 9.17) is 4.74 Å². The minimum absolute atomic E-state index is 0.210. The fraction of sp³-hybridized carbons (Fsp3) is 0.471. The van der Waals surface area contributed by atoms with Crippen LogP contribution in [-0.2, 0) is 24.8 Å². The zero-order valence-electron chi connectivity index (χ0n) is 15.3. The first-order valence-corrected chi connectivity index (χ1v) is 8.34. The molecule has 3 rings (SSSR count). The van der Waals surface area contributed by atoms with Crippen molar-refractivity contribution in [2.75, 3.05) is 11.9 Å². The van der Waals surface area contributed by atoms with Crippen LogP contribution in [-0.4, -0.2) is 48.8 Å². The summed E-state index contributed by atoms with van der Waals surface area (Å²) in [7, 11) is 1.75. The van der Waals surface area contributed by atoms with Crippen molar-refractivity contribution in [3.05, 3.63) is 35.5 Å². The molecule has 0 unspecified atom stereocenters. The zero-order valence-corrected chi connectivity index (χ0v) is 15.3. The average molecular weight is 358 g/mol. The van der Waals surface area contributed by atoms with Gasteiger partial charge >= 0.3 is 6.09 Å². The van der Waals surface area contributed by atoms with Crippen LogP contribution in [0.1, 0.15) is 42.5 Å². The predicted molar refractivity (Wildman–Crippen MR) is 93.5 cm³/mol. The number of rotatable bonds is 2. The summed E-state index contributed by atoms with van der Waals surface area (Å²) >= 11 is 0. The van der Waals surface area contributed by atoms with E-state index in [-0.39, 0.29) is 17.7 Å². The number of amides is 2. The van der Waals surface area contributed by atoms with Gasteiger partial charge in [0, 0.05) is 38.0 Å². The normalized spacial score (nSPS) is 13.9. The number of carbonyl (C=O) groups is 2. The van der Waals surface area contributed by atoms with E-state index < -0.39 is 5.60 Å². The third-order valence-electron chi connectivity index (χ3n) is 3.88. The fourth-order valence-electron chi connectivity index (χ4n) is 2.73. The Bertz CT molecular complexity index is 825. The van der Waals surface area contributed by atoms with Gasteiger partial charge in [0.05, 0.1) is 18.4 Å². The van der Waals surface area contributed by atoms with Crippen molar-refractivity contribution in [1.29, 1.82) is 0 Å². The lowest BCUT2D eigenvalue weighted by Crippen LogP contribution is -2.40. The Morgan fingerprint density at radius 1 is 1.27 bits per heavy atom. The first-order valence-electron chi connectivity index (χ1n) is 8.34. The summed E-state index contributed by atoms with van der Waals surface area (Å²) in [6.07, 6.45) is 4.58. The maximum atomic E-state index is 12.4. The minimum atomic E-state index is -0.560. The fourth-order valence-corrected chi connectivity index (χ4v) is 2.73. The summed E-state index contributed by atoms with van der Waals surface area (Å²) in [5.74, 6) is 0.169. The van der Waals surface area contributed by atoms with E-state index in [1.54, 1.807) is 16.6 Å². The van der Waals surface area contributed by atoms with E-state index in [0.29, 0.717) is 25.3 Å². The lowest BCUT2D eigenvalue weighted by Gasteiger charge is -2.29. The molecule has 1 aliphatic rings. The molecule has 2 aromatic heterocycles. The smallest absolute Gasteiger partial charge is 0.410 e. The number of hydrogen-bond acceptors (Lipinski definition) is 6. The van der Waals surface area contributed by atoms with Crippen LogP contribution >= 0.6 is 0 Å². The molecule has 0 saturated carbocycles. The van der Waals surface area contributed by atoms with Crippen molar-refractivity contribution in [2.45, 2.75) is 39.3 Å². The topological polar surface area (TPSA) is 102 Å². The van der Waals surface area contributed by atoms with Crippen molar-refractivity contribution in [3.8, 4) is 0 Å². The highest BCUT2D eigenvalue weighted by Crippen LogP contribution is 2.27. The van der Waals surface area contributed by atoms with E-state index in [1.807, 2.05) is 20.8 Å². The number of ether oxygens (including phenoxy) is 1. The summed E-state index contributed by atoms with van der Waals surface area (Å²) in [6.45, 7) is 6.34. The molecule has 0 aliphatic carbocycles. The van der Waals surface area contributed by atoms with Crippen LogP contribution in [0.2, 0.25) is 0 Å². The Kier molecular flexibility index (Phi) is 4.62. The average Bonchev–Trinajstić information content (AvgIpc) is 2.89. The van der Waals surface area contributed by atoms with Crippen molar-refractivity contribution in [1.82, 2.24) is 24.6 Å². The van der Waals surface area contributed by atoms with Crippen LogP contribution in [0.5, 0.6) is 0 Å². The summed E-state index contributed by atoms with van der Waals surface area (Å²) < 4.78 is 7.05. The van der Waals surface area contributed by atoms with Gasteiger partial charge in [0.25, 0.3) is 5.91 Å². The van der Waals surface area contributed by atoms with Gasteiger partial charge in [0.15, 0.2) is 0 Å². The molecule has 2 aromatic rings. The molecule has 2 amide bonds. The Morgan fingerprint density at radius 3 is 2.69 bits per heavy atom. The van der Waals surface area contributed by atoms with E-state index >= 15 is 0 Å². The minimum Gasteiger partial charge on any atom is -0.444 e. The second-order valence-corrected chi connectivity index (χ2v) is 7.09. The van der Waals surface area contributed by atoms with Crippen LogP contribution < -0.4 is 5.32 Å². The molecule has 1 aliphatic heterocycles. The third-order valence-corrected chi connectivity index (χ3v) is 3.88. The van der Waals surface area contributed by atoms with E-state index in [9.17, 15) is 9.59 Å². The summed E-state index contributed by atoms with van der Waals surface area (Å²) in [6, 6.07) is 0. The lowest BCUT2D eigenvalue weighted by atomic mass is 10.1. The zero-order chi connectivity index (χ0) is 18.9. The molecule has 9 nitrogen and oxygen atoms in total. The van der Waals surface area contributed by atoms with Gasteiger partial charge in [-0.05, 0) is 20.8 Å². The van der Waals surface area contributed by atoms with Crippen molar-refractivity contribution in [2.24, 2.45) is 7.05 Å². The SMILES string of the molecule is Cn1nc2c(c1NC(=O)c1cnccn1)CN(C(=O)OC(C)(C)C)CC2. The second-order valence-electron chi connectivity index (χ2n) is 7.09. The van der Waals surface area contributed by atoms with Gasteiger partial charge in [-0.25, -0.2) is 9.78 Å². The lowest BCUT2D eigenvalue weighted by molar-refractivity contribution is 0.0224. The van der Waals surface area contributed by atoms with Crippen LogP contribution in [0, 0.1) is 0 Å². The standard InChI is InChI=1S/C17H22N6O3/c1-17(2,3)26-16(25)23-8-5-12-11(10-23)14(22(4)21-12)20-15(24)13-9-18-6-7-19-13/h6-7,9H,5,8,10H2,1-4H3,(H,20,24). The number of nitrogens with zero attached hydrogens (tertiary/aromatic N) is 5. The molecule has 9 heteroatoms. The van der Waals surface area contributed by atoms with Crippen LogP contribution in [0.4, 0.5) is 10.6 Å². The first kappa shape index (κ1) is 17.8. The van der Waals surface area contributed by atoms with Crippen molar-refractivity contribution >= 4 is 17.8 Å². The van der Waals surface area contributed by atoms with E-state index in [0.717, 1.165) is 11.3 Å². The number of hydrogen-bond donors (Lipinski definition) is 1. The van der Waals surface area contributed by atoms with Gasteiger partial charge < -0.3 is 15.0 Å². The second kappa shape index (κ2) is 6.74. The van der Waals surface area contributed by atoms with E-state index in [2.05, 4.69) is 20.4 Å². The molecule has 0 aromatic carbocycles. The van der Waals surface area contributed by atoms with Crippen molar-refractivity contribution < 1.29 is 14.3 Å². The molecular weight excluding hydrogens is 336 g/mol. The first-order chi connectivity index (χ1) is 12.2. The summed E-state index contributed by atoms with van der Waals surface area (Å²) in [4.78, 5) is 34.3. The number of nitrogens with one attached hydrogen (secondary N) is 1. The molecule has 138 valence electrons. The summed E-state index contributed by atoms with van der Waals surface area (Å²) in [5.41, 5.74) is 1.32. The molecule has 0 spiro atoms. The molecule has 3 heterocycles. The molecule has 0 bridgehead atoms. The van der Waals surface area contributed by atoms with Gasteiger partial charge in [0.2, 0.25) is 0 Å². The summed E-state index contributed by atoms with van der Waals surface area (Å²) in [5, 5.41) is 7.28. The molecular formula is C17H22N6O3. The van der Waals surface area contributed by atoms with Crippen LogP contribution in [0.25, 0.3) is 0 Å². The Balaban J connectivity index is 1.80. The highest BCUT2D eigenvalue weighted by atomic mass is 16.6. The predicted octanol–water partition coefficient (Wildman–Crippen LogP) is 1.76. The number of fused-ring (bicyclic) bond motifs is 1. The highest BCUT2D eigenvalue weighted by molar-refractivity contribution is 6.02. The molecule has 1 N–H and O–H groups in total. The van der Waals surface area contributed by atoms with Gasteiger partial charge in [0.1, 0.15) is 17.1 Å². The van der Waals surface area contributed by atoms with Crippen LogP contribution in [0.3, 0.4) is 0 Å². The largest absolute Gasteiger partial charge is 0.444 e. The Morgan fingerprint density at radius 2 is 2.04 bits per heavy atom. The molecule has 0 radical (unpaired) electrons. The monoisotopic (exact) mass is 358 g/mol. The van der Waals surface area contributed by atoms with Gasteiger partial charge in [-0.1, -0.05) is 0 Å². The number of aromatic nitrogens is 4. The highest BCUT2D eigenvalue weighted by Gasteiger charge is 2.30. The quantitative estimate of drug-likeness (QED) is 0.877. The number of carbonyl (C=O) groups excluding carboxylic acids is 2. The maximum absolute atomic E-state index is 12.4. The van der Waals surface area contributed by atoms with E-state index in [1.165, 1.54) is 18.6 Å². The maximum Gasteiger partial charge on any atom is 0.410 e. The molecule has 26 heavy (non-hydrogen) atoms. The van der Waals surface area contributed by atoms with Crippen molar-refractivity contribution in [3.63, 3.8) is 0 Å². The van der Waals surface area contributed by atoms with Crippen LogP contribution in [0.15, 0.2) is 18.6 Å². The molecule has 0 atom stereocenters. The molecule has 0 saturated heterocycles. The Labute approximate surface area is 151 Å². The molecule has 0 fully saturated rings. The van der Waals surface area contributed by atoms with Gasteiger partial charge in [-0.3, -0.25) is 14.5 Å². The number of anilines is 1. The third kappa shape index (κ3) is 3.81. The van der Waals surface area contributed by atoms with Gasteiger partial charge in [-0.2, -0.15) is 5.10 Å². The van der Waals surface area contributed by atoms with Gasteiger partial charge in [-0.15, -0.1) is 0 Å². The Hall–Kier alpha value is -2.97.